The van der Waals surface area contributed by atoms with E-state index in [-0.39, 0.29) is 5.41 Å². The van der Waals surface area contributed by atoms with Crippen molar-refractivity contribution in [2.45, 2.75) is 18.3 Å². The lowest BCUT2D eigenvalue weighted by Gasteiger charge is -2.30. The van der Waals surface area contributed by atoms with Gasteiger partial charge in [0.15, 0.2) is 17.5 Å². The topological polar surface area (TPSA) is 51.6 Å². The van der Waals surface area contributed by atoms with Gasteiger partial charge in [0, 0.05) is 33.8 Å². The molecule has 306 valence electrons. The number of aromatic nitrogens is 4. The SMILES string of the molecule is C=C/C(=C\C(=C)C1=CC(c2nc(-c3ccccc3)nc(-c3ccc(-c4cccc5cccnc45)cc3)n2)=CCC1)c1ccc2c(c1)-c1ccccc1C21c2ccccc2-c2ccccc21. The highest BCUT2D eigenvalue weighted by atomic mass is 15.0. The Kier molecular flexibility index (Phi) is 9.13. The van der Waals surface area contributed by atoms with Crippen molar-refractivity contribution in [1.82, 2.24) is 19.9 Å². The summed E-state index contributed by atoms with van der Waals surface area (Å²) < 4.78 is 0. The monoisotopic (exact) mass is 830 g/mol. The van der Waals surface area contributed by atoms with Gasteiger partial charge < -0.3 is 0 Å². The van der Waals surface area contributed by atoms with E-state index < -0.39 is 0 Å². The zero-order valence-electron chi connectivity index (χ0n) is 35.7. The molecule has 0 atom stereocenters. The van der Waals surface area contributed by atoms with E-state index in [1.54, 1.807) is 0 Å². The lowest BCUT2D eigenvalue weighted by molar-refractivity contribution is 0.793. The van der Waals surface area contributed by atoms with Crippen molar-refractivity contribution in [1.29, 1.82) is 0 Å². The van der Waals surface area contributed by atoms with Crippen LogP contribution in [0.15, 0.2) is 231 Å². The Morgan fingerprint density at radius 1 is 0.523 bits per heavy atom. The molecule has 3 aliphatic carbocycles. The molecule has 9 aromatic rings. The minimum Gasteiger partial charge on any atom is -0.256 e. The van der Waals surface area contributed by atoms with Gasteiger partial charge in [-0.1, -0.05) is 189 Å². The predicted octanol–water partition coefficient (Wildman–Crippen LogP) is 14.7. The Morgan fingerprint density at radius 2 is 1.09 bits per heavy atom. The van der Waals surface area contributed by atoms with Crippen LogP contribution in [0.1, 0.15) is 46.5 Å². The minimum atomic E-state index is -0.372. The van der Waals surface area contributed by atoms with Gasteiger partial charge in [0.05, 0.1) is 10.9 Å². The van der Waals surface area contributed by atoms with Crippen LogP contribution in [0, 0.1) is 0 Å². The number of nitrogens with zero attached hydrogens (tertiary/aromatic N) is 4. The van der Waals surface area contributed by atoms with Crippen LogP contribution < -0.4 is 0 Å². The zero-order valence-corrected chi connectivity index (χ0v) is 35.7. The van der Waals surface area contributed by atoms with Gasteiger partial charge in [0.2, 0.25) is 0 Å². The number of fused-ring (bicyclic) bond motifs is 11. The smallest absolute Gasteiger partial charge is 0.164 e. The van der Waals surface area contributed by atoms with Crippen molar-refractivity contribution in [3.05, 3.63) is 264 Å². The molecular formula is C61H42N4. The number of hydrogen-bond donors (Lipinski definition) is 0. The molecule has 3 aliphatic rings. The summed E-state index contributed by atoms with van der Waals surface area (Å²) >= 11 is 0. The largest absolute Gasteiger partial charge is 0.256 e. The fraction of sp³-hybridized carbons (Fsp3) is 0.0492. The van der Waals surface area contributed by atoms with E-state index in [4.69, 9.17) is 15.0 Å². The van der Waals surface area contributed by atoms with Crippen LogP contribution in [-0.2, 0) is 5.41 Å². The highest BCUT2D eigenvalue weighted by Gasteiger charge is 2.51. The maximum atomic E-state index is 5.12. The number of para-hydroxylation sites is 1. The van der Waals surface area contributed by atoms with E-state index >= 15 is 0 Å². The summed E-state index contributed by atoms with van der Waals surface area (Å²) in [4.78, 5) is 19.9. The molecule has 0 radical (unpaired) electrons. The molecule has 4 nitrogen and oxygen atoms in total. The third kappa shape index (κ3) is 6.21. The molecule has 65 heavy (non-hydrogen) atoms. The first-order valence-corrected chi connectivity index (χ1v) is 22.2. The molecule has 0 bridgehead atoms. The first-order chi connectivity index (χ1) is 32.1. The first kappa shape index (κ1) is 38.3. The van der Waals surface area contributed by atoms with Gasteiger partial charge in [-0.2, -0.15) is 0 Å². The second-order valence-corrected chi connectivity index (χ2v) is 17.0. The maximum Gasteiger partial charge on any atom is 0.164 e. The fourth-order valence-electron chi connectivity index (χ4n) is 10.4. The lowest BCUT2D eigenvalue weighted by Crippen LogP contribution is -2.25. The van der Waals surface area contributed by atoms with Gasteiger partial charge in [0.1, 0.15) is 0 Å². The van der Waals surface area contributed by atoms with Gasteiger partial charge in [-0.15, -0.1) is 0 Å². The quantitative estimate of drug-likeness (QED) is 0.143. The Hall–Kier alpha value is -8.34. The molecule has 4 heteroatoms. The van der Waals surface area contributed by atoms with E-state index in [9.17, 15) is 0 Å². The second-order valence-electron chi connectivity index (χ2n) is 17.0. The van der Waals surface area contributed by atoms with Crippen LogP contribution in [0.2, 0.25) is 0 Å². The summed E-state index contributed by atoms with van der Waals surface area (Å²) in [5, 5.41) is 1.11. The highest BCUT2D eigenvalue weighted by Crippen LogP contribution is 2.62. The van der Waals surface area contributed by atoms with E-state index in [0.29, 0.717) is 17.5 Å². The van der Waals surface area contributed by atoms with Gasteiger partial charge in [-0.25, -0.2) is 15.0 Å². The predicted molar refractivity (Wildman–Crippen MR) is 267 cm³/mol. The van der Waals surface area contributed by atoms with Crippen LogP contribution in [0.3, 0.4) is 0 Å². The average molecular weight is 831 g/mol. The van der Waals surface area contributed by atoms with E-state index in [0.717, 1.165) is 73.9 Å². The van der Waals surface area contributed by atoms with Crippen LogP contribution >= 0.6 is 0 Å². The lowest BCUT2D eigenvalue weighted by atomic mass is 9.70. The summed E-state index contributed by atoms with van der Waals surface area (Å²) in [6, 6.07) is 62.7. The summed E-state index contributed by atoms with van der Waals surface area (Å²) in [6.07, 6.45) is 12.1. The molecule has 0 aliphatic heterocycles. The number of benzene rings is 7. The van der Waals surface area contributed by atoms with E-state index in [2.05, 4.69) is 176 Å². The van der Waals surface area contributed by atoms with Crippen LogP contribution in [0.4, 0.5) is 0 Å². The number of pyridine rings is 1. The summed E-state index contributed by atoms with van der Waals surface area (Å²) in [5.41, 5.74) is 20.3. The average Bonchev–Trinajstić information content (AvgIpc) is 3.85. The Morgan fingerprint density at radius 3 is 1.78 bits per heavy atom. The van der Waals surface area contributed by atoms with Gasteiger partial charge in [-0.05, 0) is 109 Å². The first-order valence-electron chi connectivity index (χ1n) is 22.2. The van der Waals surface area contributed by atoms with Gasteiger partial charge in [0.25, 0.3) is 0 Å². The third-order valence-electron chi connectivity index (χ3n) is 13.4. The molecular weight excluding hydrogens is 789 g/mol. The number of hydrogen-bond acceptors (Lipinski definition) is 4. The number of rotatable bonds is 8. The van der Waals surface area contributed by atoms with Gasteiger partial charge >= 0.3 is 0 Å². The molecule has 12 rings (SSSR count). The van der Waals surface area contributed by atoms with Crippen LogP contribution in [0.5, 0.6) is 0 Å². The normalized spacial score (nSPS) is 14.2. The van der Waals surface area contributed by atoms with Crippen molar-refractivity contribution in [2.24, 2.45) is 0 Å². The van der Waals surface area contributed by atoms with E-state index in [1.807, 2.05) is 48.7 Å². The molecule has 0 saturated carbocycles. The van der Waals surface area contributed by atoms with Crippen LogP contribution in [-0.4, -0.2) is 19.9 Å². The molecule has 2 aromatic heterocycles. The molecule has 1 spiro atoms. The fourth-order valence-corrected chi connectivity index (χ4v) is 10.4. The summed E-state index contributed by atoms with van der Waals surface area (Å²) in [5.74, 6) is 1.89. The van der Waals surface area contributed by atoms with Crippen LogP contribution in [0.25, 0.3) is 78.2 Å². The highest BCUT2D eigenvalue weighted by molar-refractivity contribution is 5.97. The summed E-state index contributed by atoms with van der Waals surface area (Å²) in [6.45, 7) is 8.95. The number of allylic oxidation sites excluding steroid dienone is 8. The minimum absolute atomic E-state index is 0.372. The molecule has 7 aromatic carbocycles. The third-order valence-corrected chi connectivity index (χ3v) is 13.4. The van der Waals surface area contributed by atoms with E-state index in [1.165, 1.54) is 44.5 Å². The van der Waals surface area contributed by atoms with Crippen molar-refractivity contribution >= 4 is 22.0 Å². The Labute approximate surface area is 379 Å². The Bertz CT molecular complexity index is 3470. The summed E-state index contributed by atoms with van der Waals surface area (Å²) in [7, 11) is 0. The molecule has 0 N–H and O–H groups in total. The Balaban J connectivity index is 0.890. The van der Waals surface area contributed by atoms with Crippen molar-refractivity contribution in [3.8, 4) is 56.2 Å². The maximum absolute atomic E-state index is 5.12. The standard InChI is InChI=1S/C61H42N4/c1-3-40(46-33-34-56-52(38-46)51-24-9-12-28-55(51)61(56)53-26-10-7-22-49(53)50-23-8-11-27-54(50)61)36-39(2)45-19-13-20-47(37-45)60-64-58(43-16-5-4-6-17-43)63-59(65-60)44-31-29-41(30-32-44)48-25-14-18-42-21-15-35-62-57(42)48/h3-12,14-18,20-38H,1-2,13,19H2/b40-36+. The van der Waals surface area contributed by atoms with Crippen molar-refractivity contribution in [3.63, 3.8) is 0 Å². The van der Waals surface area contributed by atoms with Crippen molar-refractivity contribution < 1.29 is 0 Å². The van der Waals surface area contributed by atoms with Crippen molar-refractivity contribution in [2.75, 3.05) is 0 Å². The van der Waals surface area contributed by atoms with Gasteiger partial charge in [-0.3, -0.25) is 4.98 Å². The zero-order chi connectivity index (χ0) is 43.5. The molecule has 0 fully saturated rings. The molecule has 0 amide bonds. The second kappa shape index (κ2) is 15.5. The molecule has 0 unspecified atom stereocenters. The molecule has 0 saturated heterocycles. The molecule has 2 heterocycles.